The topological polar surface area (TPSA) is 51.2 Å². The molecule has 0 unspecified atom stereocenters. The second kappa shape index (κ2) is 7.75. The van der Waals surface area contributed by atoms with Gasteiger partial charge >= 0.3 is 0 Å². The molecular weight excluding hydrogens is 408 g/mol. The van der Waals surface area contributed by atoms with E-state index in [9.17, 15) is 14.4 Å². The molecule has 3 heteroatoms. The second-order valence-corrected chi connectivity index (χ2v) is 12.3. The van der Waals surface area contributed by atoms with Gasteiger partial charge in [-0.1, -0.05) is 71.9 Å². The average molecular weight is 445 g/mol. The van der Waals surface area contributed by atoms with Crippen LogP contribution in [-0.4, -0.2) is 17.3 Å². The summed E-state index contributed by atoms with van der Waals surface area (Å²) >= 11 is 0. The van der Waals surface area contributed by atoms with Crippen LogP contribution in [-0.2, 0) is 20.4 Å². The Morgan fingerprint density at radius 3 is 1.79 bits per heavy atom. The van der Waals surface area contributed by atoms with Crippen LogP contribution in [0.2, 0.25) is 0 Å². The molecule has 2 aromatic rings. The van der Waals surface area contributed by atoms with Gasteiger partial charge < -0.3 is 0 Å². The first-order chi connectivity index (χ1) is 15.2. The molecule has 0 bridgehead atoms. The van der Waals surface area contributed by atoms with E-state index in [1.54, 1.807) is 24.3 Å². The van der Waals surface area contributed by atoms with Crippen LogP contribution in [0.1, 0.15) is 111 Å². The first-order valence-corrected chi connectivity index (χ1v) is 12.1. The van der Waals surface area contributed by atoms with E-state index in [-0.39, 0.29) is 33.6 Å². The number of aryl methyl sites for hydroxylation is 1. The molecule has 33 heavy (non-hydrogen) atoms. The normalized spacial score (nSPS) is 21.5. The molecule has 4 rings (SSSR count). The molecule has 0 atom stereocenters. The zero-order chi connectivity index (χ0) is 24.3. The number of rotatable bonds is 3. The van der Waals surface area contributed by atoms with E-state index < -0.39 is 5.92 Å². The van der Waals surface area contributed by atoms with Crippen LogP contribution in [0, 0.1) is 12.3 Å². The van der Waals surface area contributed by atoms with Crippen molar-refractivity contribution in [2.24, 2.45) is 5.41 Å². The van der Waals surface area contributed by atoms with Crippen LogP contribution in [0.4, 0.5) is 0 Å². The highest BCUT2D eigenvalue weighted by atomic mass is 16.2. The van der Waals surface area contributed by atoms with Crippen molar-refractivity contribution in [1.82, 2.24) is 0 Å². The lowest BCUT2D eigenvalue weighted by atomic mass is 9.62. The summed E-state index contributed by atoms with van der Waals surface area (Å²) in [6, 6.07) is 11.4. The number of hydrogen-bond acceptors (Lipinski definition) is 3. The fraction of sp³-hybridized carbons (Fsp3) is 0.500. The first-order valence-electron chi connectivity index (χ1n) is 12.1. The van der Waals surface area contributed by atoms with Crippen LogP contribution in [0.25, 0.3) is 0 Å². The summed E-state index contributed by atoms with van der Waals surface area (Å²) in [7, 11) is 0. The minimum absolute atomic E-state index is 0.0107. The molecule has 2 aliphatic rings. The van der Waals surface area contributed by atoms with Gasteiger partial charge in [-0.05, 0) is 64.3 Å². The van der Waals surface area contributed by atoms with Crippen LogP contribution in [0.3, 0.4) is 0 Å². The molecule has 0 radical (unpaired) electrons. The van der Waals surface area contributed by atoms with Crippen LogP contribution >= 0.6 is 0 Å². The SMILES string of the molecule is Cc1cc2c(cc1C(=O)c1ccc(C3C(=O)CC(C)(C)CC3=O)cc1)C(C)(C)CCC2(C)C. The monoisotopic (exact) mass is 444 g/mol. The molecule has 0 heterocycles. The Kier molecular flexibility index (Phi) is 5.54. The Bertz CT molecular complexity index is 1130. The van der Waals surface area contributed by atoms with Gasteiger partial charge in [0.2, 0.25) is 0 Å². The minimum atomic E-state index is -0.698. The molecule has 0 amide bonds. The van der Waals surface area contributed by atoms with Crippen molar-refractivity contribution in [3.8, 4) is 0 Å². The standard InChI is InChI=1S/C30H36O3/c1-18-14-22-23(30(6,7)13-12-29(22,4)5)15-21(18)27(33)20-10-8-19(9-11-20)26-24(31)16-28(2,3)17-25(26)32/h8-11,14-15,26H,12-13,16-17H2,1-7H3. The van der Waals surface area contributed by atoms with Crippen LogP contribution < -0.4 is 0 Å². The molecule has 1 saturated carbocycles. The van der Waals surface area contributed by atoms with E-state index in [2.05, 4.69) is 39.8 Å². The summed E-state index contributed by atoms with van der Waals surface area (Å²) in [5.41, 5.74) is 5.50. The number of benzene rings is 2. The summed E-state index contributed by atoms with van der Waals surface area (Å²) in [5.74, 6) is -0.754. The molecule has 0 N–H and O–H groups in total. The van der Waals surface area contributed by atoms with Crippen molar-refractivity contribution in [3.63, 3.8) is 0 Å². The third kappa shape index (κ3) is 4.23. The van der Waals surface area contributed by atoms with Crippen molar-refractivity contribution in [3.05, 3.63) is 69.8 Å². The molecule has 2 aromatic carbocycles. The van der Waals surface area contributed by atoms with Gasteiger partial charge in [0.1, 0.15) is 17.5 Å². The number of carbonyl (C=O) groups is 3. The lowest BCUT2D eigenvalue weighted by Crippen LogP contribution is -2.36. The molecule has 3 nitrogen and oxygen atoms in total. The van der Waals surface area contributed by atoms with Crippen LogP contribution in [0.15, 0.2) is 36.4 Å². The predicted octanol–water partition coefficient (Wildman–Crippen LogP) is 6.62. The molecule has 0 aliphatic heterocycles. The smallest absolute Gasteiger partial charge is 0.193 e. The Morgan fingerprint density at radius 1 is 0.788 bits per heavy atom. The summed E-state index contributed by atoms with van der Waals surface area (Å²) in [4.78, 5) is 38.8. The van der Waals surface area contributed by atoms with Crippen molar-refractivity contribution in [1.29, 1.82) is 0 Å². The van der Waals surface area contributed by atoms with Crippen molar-refractivity contribution < 1.29 is 14.4 Å². The van der Waals surface area contributed by atoms with E-state index >= 15 is 0 Å². The Morgan fingerprint density at radius 2 is 1.27 bits per heavy atom. The molecule has 2 aliphatic carbocycles. The van der Waals surface area contributed by atoms with Crippen LogP contribution in [0.5, 0.6) is 0 Å². The lowest BCUT2D eigenvalue weighted by molar-refractivity contribution is -0.135. The first kappa shape index (κ1) is 23.6. The van der Waals surface area contributed by atoms with Gasteiger partial charge in [0, 0.05) is 24.0 Å². The number of fused-ring (bicyclic) bond motifs is 1. The molecule has 0 saturated heterocycles. The summed E-state index contributed by atoms with van der Waals surface area (Å²) < 4.78 is 0. The van der Waals surface area contributed by atoms with Crippen molar-refractivity contribution in [2.75, 3.05) is 0 Å². The zero-order valence-electron chi connectivity index (χ0n) is 21.1. The average Bonchev–Trinajstić information content (AvgIpc) is 2.70. The zero-order valence-corrected chi connectivity index (χ0v) is 21.1. The summed E-state index contributed by atoms with van der Waals surface area (Å²) in [5, 5.41) is 0. The van der Waals surface area contributed by atoms with Gasteiger partial charge in [0.15, 0.2) is 5.78 Å². The van der Waals surface area contributed by atoms with E-state index in [0.29, 0.717) is 24.0 Å². The van der Waals surface area contributed by atoms with Gasteiger partial charge in [-0.3, -0.25) is 14.4 Å². The quantitative estimate of drug-likeness (QED) is 0.395. The fourth-order valence-electron chi connectivity index (χ4n) is 5.71. The van der Waals surface area contributed by atoms with Gasteiger partial charge in [0.25, 0.3) is 0 Å². The predicted molar refractivity (Wildman–Crippen MR) is 132 cm³/mol. The molecule has 1 fully saturated rings. The number of ketones is 3. The molecule has 174 valence electrons. The van der Waals surface area contributed by atoms with E-state index in [1.165, 1.54) is 11.1 Å². The Hall–Kier alpha value is -2.55. The van der Waals surface area contributed by atoms with Crippen molar-refractivity contribution >= 4 is 17.3 Å². The Labute approximate surface area is 198 Å². The highest BCUT2D eigenvalue weighted by Crippen LogP contribution is 2.46. The number of hydrogen-bond donors (Lipinski definition) is 0. The molecule has 0 spiro atoms. The van der Waals surface area contributed by atoms with Crippen molar-refractivity contribution in [2.45, 2.75) is 90.9 Å². The maximum absolute atomic E-state index is 13.5. The Balaban J connectivity index is 1.66. The highest BCUT2D eigenvalue weighted by molar-refractivity contribution is 6.11. The lowest BCUT2D eigenvalue weighted by Gasteiger charge is -2.42. The fourth-order valence-corrected chi connectivity index (χ4v) is 5.71. The summed E-state index contributed by atoms with van der Waals surface area (Å²) in [6.45, 7) is 15.0. The van der Waals surface area contributed by atoms with E-state index in [0.717, 1.165) is 24.0 Å². The second-order valence-electron chi connectivity index (χ2n) is 12.3. The van der Waals surface area contributed by atoms with Gasteiger partial charge in [-0.25, -0.2) is 0 Å². The minimum Gasteiger partial charge on any atom is -0.299 e. The third-order valence-corrected chi connectivity index (χ3v) is 7.90. The molecular formula is C30H36O3. The third-order valence-electron chi connectivity index (χ3n) is 7.90. The highest BCUT2D eigenvalue weighted by Gasteiger charge is 2.40. The maximum atomic E-state index is 13.5. The largest absolute Gasteiger partial charge is 0.299 e. The maximum Gasteiger partial charge on any atom is 0.193 e. The van der Waals surface area contributed by atoms with Gasteiger partial charge in [-0.2, -0.15) is 0 Å². The van der Waals surface area contributed by atoms with Gasteiger partial charge in [0.05, 0.1) is 0 Å². The van der Waals surface area contributed by atoms with Gasteiger partial charge in [-0.15, -0.1) is 0 Å². The summed E-state index contributed by atoms with van der Waals surface area (Å²) in [6.07, 6.45) is 3.05. The molecule has 0 aromatic heterocycles. The number of Topliss-reactive ketones (excluding diaryl/α,β-unsaturated/α-hetero) is 2. The van der Waals surface area contributed by atoms with E-state index in [1.807, 2.05) is 20.8 Å². The number of carbonyl (C=O) groups excluding carboxylic acids is 3. The van der Waals surface area contributed by atoms with E-state index in [4.69, 9.17) is 0 Å².